The molecule has 1 aromatic heterocycles. The summed E-state index contributed by atoms with van der Waals surface area (Å²) in [6, 6.07) is 2.98. The summed E-state index contributed by atoms with van der Waals surface area (Å²) in [5, 5.41) is 10.2. The molecule has 6 heteroatoms. The Bertz CT molecular complexity index is 402. The van der Waals surface area contributed by atoms with Gasteiger partial charge in [0.25, 0.3) is 0 Å². The number of aromatic nitrogens is 1. The van der Waals surface area contributed by atoms with Crippen LogP contribution in [0, 0.1) is 0 Å². The first-order valence-electron chi connectivity index (χ1n) is 4.84. The van der Waals surface area contributed by atoms with Crippen LogP contribution in [0.3, 0.4) is 0 Å². The lowest BCUT2D eigenvalue weighted by molar-refractivity contribution is 0.0192. The molecular formula is C10H12N2O4. The second-order valence-electron chi connectivity index (χ2n) is 3.63. The Kier molecular flexibility index (Phi) is 2.76. The number of hydrogen-bond donors (Lipinski definition) is 2. The third kappa shape index (κ3) is 2.12. The number of rotatable bonds is 2. The highest BCUT2D eigenvalue weighted by Crippen LogP contribution is 2.30. The van der Waals surface area contributed by atoms with Gasteiger partial charge < -0.3 is 20.3 Å². The Morgan fingerprint density at radius 3 is 3.12 bits per heavy atom. The first kappa shape index (κ1) is 10.8. The number of carbonyl (C=O) groups excluding carboxylic acids is 1. The summed E-state index contributed by atoms with van der Waals surface area (Å²) in [6.45, 7) is 0.680. The molecule has 1 saturated heterocycles. The maximum Gasteiger partial charge on any atom is 0.409 e. The maximum atomic E-state index is 10.6. The van der Waals surface area contributed by atoms with Gasteiger partial charge in [0.2, 0.25) is 0 Å². The van der Waals surface area contributed by atoms with Crippen LogP contribution in [0.2, 0.25) is 0 Å². The normalized spacial score (nSPS) is 24.3. The maximum absolute atomic E-state index is 10.6. The van der Waals surface area contributed by atoms with E-state index in [4.69, 9.17) is 15.2 Å². The molecule has 0 aliphatic carbocycles. The van der Waals surface area contributed by atoms with Crippen LogP contribution < -0.4 is 10.5 Å². The van der Waals surface area contributed by atoms with Crippen LogP contribution in [0.1, 0.15) is 12.1 Å². The summed E-state index contributed by atoms with van der Waals surface area (Å²) in [7, 11) is 0. The zero-order valence-electron chi connectivity index (χ0n) is 8.55. The van der Waals surface area contributed by atoms with E-state index < -0.39 is 11.7 Å². The van der Waals surface area contributed by atoms with Crippen LogP contribution >= 0.6 is 0 Å². The van der Waals surface area contributed by atoms with Crippen molar-refractivity contribution >= 4 is 6.09 Å². The SMILES string of the molecule is NC(=O)Oc1ccnc(C2(O)CCOC2)c1. The van der Waals surface area contributed by atoms with Crippen molar-refractivity contribution in [2.45, 2.75) is 12.0 Å². The third-order valence-electron chi connectivity index (χ3n) is 2.43. The molecule has 1 atom stereocenters. The highest BCUT2D eigenvalue weighted by Gasteiger charge is 2.35. The number of amides is 1. The smallest absolute Gasteiger partial charge is 0.409 e. The number of nitrogens with two attached hydrogens (primary N) is 1. The monoisotopic (exact) mass is 224 g/mol. The van der Waals surface area contributed by atoms with Crippen molar-refractivity contribution in [2.24, 2.45) is 5.73 Å². The predicted molar refractivity (Wildman–Crippen MR) is 53.8 cm³/mol. The van der Waals surface area contributed by atoms with E-state index in [9.17, 15) is 9.90 Å². The zero-order chi connectivity index (χ0) is 11.6. The van der Waals surface area contributed by atoms with Crippen LogP contribution in [0.4, 0.5) is 4.79 Å². The van der Waals surface area contributed by atoms with E-state index in [-0.39, 0.29) is 12.4 Å². The highest BCUT2D eigenvalue weighted by atomic mass is 16.5. The lowest BCUT2D eigenvalue weighted by atomic mass is 9.98. The molecule has 16 heavy (non-hydrogen) atoms. The Morgan fingerprint density at radius 2 is 2.50 bits per heavy atom. The standard InChI is InChI=1S/C10H12N2O4/c11-9(13)16-7-1-3-12-8(5-7)10(14)2-4-15-6-10/h1,3,5,14H,2,4,6H2,(H2,11,13). The Labute approximate surface area is 92.0 Å². The number of pyridine rings is 1. The molecule has 0 radical (unpaired) electrons. The van der Waals surface area contributed by atoms with Gasteiger partial charge in [-0.3, -0.25) is 4.98 Å². The first-order valence-corrected chi connectivity index (χ1v) is 4.84. The van der Waals surface area contributed by atoms with Gasteiger partial charge in [0.1, 0.15) is 11.4 Å². The van der Waals surface area contributed by atoms with E-state index in [1.807, 2.05) is 0 Å². The number of primary amides is 1. The molecule has 1 aliphatic rings. The molecule has 0 aromatic carbocycles. The number of ether oxygens (including phenoxy) is 2. The molecule has 0 spiro atoms. The quantitative estimate of drug-likeness (QED) is 0.745. The molecule has 1 fully saturated rings. The largest absolute Gasteiger partial charge is 0.410 e. The van der Waals surface area contributed by atoms with Gasteiger partial charge in [-0.15, -0.1) is 0 Å². The number of hydrogen-bond acceptors (Lipinski definition) is 5. The molecule has 1 amide bonds. The van der Waals surface area contributed by atoms with Gasteiger partial charge in [0, 0.05) is 25.3 Å². The van der Waals surface area contributed by atoms with Crippen LogP contribution in [0.5, 0.6) is 5.75 Å². The van der Waals surface area contributed by atoms with Crippen LogP contribution in [0.25, 0.3) is 0 Å². The summed E-state index contributed by atoms with van der Waals surface area (Å²) in [6.07, 6.45) is 1.02. The topological polar surface area (TPSA) is 94.7 Å². The predicted octanol–water partition coefficient (Wildman–Crippen LogP) is 0.147. The van der Waals surface area contributed by atoms with Crippen LogP contribution in [-0.2, 0) is 10.3 Å². The number of aliphatic hydroxyl groups is 1. The van der Waals surface area contributed by atoms with Crippen molar-refractivity contribution in [1.82, 2.24) is 4.98 Å². The molecule has 6 nitrogen and oxygen atoms in total. The molecule has 1 aliphatic heterocycles. The second-order valence-corrected chi connectivity index (χ2v) is 3.63. The zero-order valence-corrected chi connectivity index (χ0v) is 8.55. The fourth-order valence-electron chi connectivity index (χ4n) is 1.60. The molecular weight excluding hydrogens is 212 g/mol. The van der Waals surface area contributed by atoms with Gasteiger partial charge >= 0.3 is 6.09 Å². The number of carbonyl (C=O) groups is 1. The third-order valence-corrected chi connectivity index (χ3v) is 2.43. The average molecular weight is 224 g/mol. The first-order chi connectivity index (χ1) is 7.60. The fourth-order valence-corrected chi connectivity index (χ4v) is 1.60. The highest BCUT2D eigenvalue weighted by molar-refractivity contribution is 5.68. The van der Waals surface area contributed by atoms with Gasteiger partial charge in [0.15, 0.2) is 0 Å². The van der Waals surface area contributed by atoms with Gasteiger partial charge in [-0.25, -0.2) is 4.79 Å². The average Bonchev–Trinajstić information content (AvgIpc) is 2.66. The van der Waals surface area contributed by atoms with Gasteiger partial charge in [-0.05, 0) is 6.07 Å². The van der Waals surface area contributed by atoms with Crippen molar-refractivity contribution in [2.75, 3.05) is 13.2 Å². The minimum Gasteiger partial charge on any atom is -0.410 e. The number of nitrogens with zero attached hydrogens (tertiary/aromatic N) is 1. The Balaban J connectivity index is 2.24. The Morgan fingerprint density at radius 1 is 1.69 bits per heavy atom. The van der Waals surface area contributed by atoms with E-state index in [0.29, 0.717) is 18.7 Å². The van der Waals surface area contributed by atoms with E-state index in [2.05, 4.69) is 4.98 Å². The summed E-state index contributed by atoms with van der Waals surface area (Å²) < 4.78 is 9.82. The molecule has 1 aromatic rings. The van der Waals surface area contributed by atoms with Gasteiger partial charge in [-0.2, -0.15) is 0 Å². The van der Waals surface area contributed by atoms with Crippen LogP contribution in [-0.4, -0.2) is 29.4 Å². The summed E-state index contributed by atoms with van der Waals surface area (Å²) in [4.78, 5) is 14.6. The van der Waals surface area contributed by atoms with E-state index in [1.54, 1.807) is 0 Å². The molecule has 2 heterocycles. The van der Waals surface area contributed by atoms with Crippen molar-refractivity contribution in [3.05, 3.63) is 24.0 Å². The molecule has 2 rings (SSSR count). The van der Waals surface area contributed by atoms with Crippen LogP contribution in [0.15, 0.2) is 18.3 Å². The molecule has 3 N–H and O–H groups in total. The van der Waals surface area contributed by atoms with Crippen molar-refractivity contribution in [3.8, 4) is 5.75 Å². The Hall–Kier alpha value is -1.66. The minimum atomic E-state index is -1.10. The summed E-state index contributed by atoms with van der Waals surface area (Å²) in [5.74, 6) is 0.262. The van der Waals surface area contributed by atoms with Gasteiger partial charge in [-0.1, -0.05) is 0 Å². The van der Waals surface area contributed by atoms with Crippen molar-refractivity contribution in [1.29, 1.82) is 0 Å². The van der Waals surface area contributed by atoms with E-state index >= 15 is 0 Å². The lowest BCUT2D eigenvalue weighted by Crippen LogP contribution is -2.27. The van der Waals surface area contributed by atoms with Crippen molar-refractivity contribution < 1.29 is 19.4 Å². The summed E-state index contributed by atoms with van der Waals surface area (Å²) >= 11 is 0. The second kappa shape index (κ2) is 4.07. The van der Waals surface area contributed by atoms with E-state index in [0.717, 1.165) is 0 Å². The molecule has 1 unspecified atom stereocenters. The van der Waals surface area contributed by atoms with Crippen molar-refractivity contribution in [3.63, 3.8) is 0 Å². The fraction of sp³-hybridized carbons (Fsp3) is 0.400. The summed E-state index contributed by atoms with van der Waals surface area (Å²) in [5.41, 5.74) is 4.21. The molecule has 86 valence electrons. The molecule has 0 saturated carbocycles. The van der Waals surface area contributed by atoms with Gasteiger partial charge in [0.05, 0.1) is 12.3 Å². The lowest BCUT2D eigenvalue weighted by Gasteiger charge is -2.19. The minimum absolute atomic E-state index is 0.194. The van der Waals surface area contributed by atoms with E-state index in [1.165, 1.54) is 18.3 Å². The molecule has 0 bridgehead atoms.